The molecule has 0 N–H and O–H groups in total. The fraction of sp³-hybridized carbons (Fsp3) is 0.0909. The molecule has 0 bridgehead atoms. The molecular formula is C22H24. The Bertz CT molecular complexity index is 761. The lowest BCUT2D eigenvalue weighted by molar-refractivity contribution is 1.44. The number of allylic oxidation sites excluding steroid dienone is 2. The molecule has 0 spiro atoms. The van der Waals surface area contributed by atoms with E-state index in [2.05, 4.69) is 81.8 Å². The van der Waals surface area contributed by atoms with Crippen LogP contribution in [-0.4, -0.2) is 0 Å². The molecule has 2 aromatic carbocycles. The Morgan fingerprint density at radius 2 is 1.59 bits per heavy atom. The van der Waals surface area contributed by atoms with Gasteiger partial charge in [0.25, 0.3) is 0 Å². The minimum atomic E-state index is 1.04. The van der Waals surface area contributed by atoms with Gasteiger partial charge in [0.1, 0.15) is 0 Å². The van der Waals surface area contributed by atoms with E-state index in [1.165, 1.54) is 21.6 Å². The second-order valence-corrected chi connectivity index (χ2v) is 4.85. The van der Waals surface area contributed by atoms with Crippen LogP contribution in [0.5, 0.6) is 0 Å². The Morgan fingerprint density at radius 1 is 0.955 bits per heavy atom. The number of hydrogen-bond donors (Lipinski definition) is 0. The summed E-state index contributed by atoms with van der Waals surface area (Å²) >= 11 is 0. The number of benzene rings is 2. The van der Waals surface area contributed by atoms with Gasteiger partial charge >= 0.3 is 0 Å². The van der Waals surface area contributed by atoms with Crippen molar-refractivity contribution in [2.24, 2.45) is 0 Å². The minimum Gasteiger partial charge on any atom is -0.106 e. The molecule has 2 rings (SSSR count). The van der Waals surface area contributed by atoms with E-state index in [0.717, 1.165) is 11.1 Å². The van der Waals surface area contributed by atoms with E-state index in [4.69, 9.17) is 0 Å². The Balaban J connectivity index is 0.00000116. The predicted octanol–water partition coefficient (Wildman–Crippen LogP) is 4.87. The van der Waals surface area contributed by atoms with Crippen LogP contribution in [0.15, 0.2) is 86.5 Å². The average molecular weight is 288 g/mol. The van der Waals surface area contributed by atoms with Crippen LogP contribution in [0.25, 0.3) is 22.8 Å². The molecule has 0 heteroatoms. The molecule has 0 saturated heterocycles. The molecule has 0 aliphatic carbocycles. The Morgan fingerprint density at radius 3 is 2.09 bits per heavy atom. The maximum atomic E-state index is 4.06. The van der Waals surface area contributed by atoms with E-state index < -0.39 is 0 Å². The third kappa shape index (κ3) is 3.95. The van der Waals surface area contributed by atoms with E-state index >= 15 is 0 Å². The molecule has 0 amide bonds. The molecule has 22 heavy (non-hydrogen) atoms. The third-order valence-electron chi connectivity index (χ3n) is 3.43. The van der Waals surface area contributed by atoms with Crippen molar-refractivity contribution in [2.45, 2.75) is 13.8 Å². The highest BCUT2D eigenvalue weighted by molar-refractivity contribution is 5.73. The van der Waals surface area contributed by atoms with Crippen LogP contribution in [0.2, 0.25) is 0 Å². The zero-order chi connectivity index (χ0) is 16.5. The topological polar surface area (TPSA) is 0 Å². The van der Waals surface area contributed by atoms with Gasteiger partial charge in [0.2, 0.25) is 0 Å². The molecule has 0 atom stereocenters. The molecule has 2 aromatic rings. The highest BCUT2D eigenvalue weighted by Gasteiger charge is 2.00. The Hall–Kier alpha value is -2.60. The maximum Gasteiger partial charge on any atom is -0.0106 e. The lowest BCUT2D eigenvalue weighted by atomic mass is 9.99. The average Bonchev–Trinajstić information content (AvgIpc) is 2.58. The van der Waals surface area contributed by atoms with E-state index in [1.54, 1.807) is 0 Å². The summed E-state index contributed by atoms with van der Waals surface area (Å²) in [6.07, 6.45) is 4.01. The van der Waals surface area contributed by atoms with E-state index in [1.807, 2.05) is 19.1 Å². The van der Waals surface area contributed by atoms with Gasteiger partial charge in [-0.2, -0.15) is 0 Å². The van der Waals surface area contributed by atoms with Crippen LogP contribution in [-0.2, 0) is 0 Å². The van der Waals surface area contributed by atoms with Crippen molar-refractivity contribution >= 4 is 11.6 Å². The van der Waals surface area contributed by atoms with Gasteiger partial charge in [-0.25, -0.2) is 0 Å². The van der Waals surface area contributed by atoms with Crippen LogP contribution >= 0.6 is 0 Å². The quantitative estimate of drug-likeness (QED) is 0.707. The summed E-state index contributed by atoms with van der Waals surface area (Å²) in [6, 6.07) is 16.9. The van der Waals surface area contributed by atoms with Gasteiger partial charge < -0.3 is 0 Å². The van der Waals surface area contributed by atoms with Gasteiger partial charge in [-0.05, 0) is 47.1 Å². The van der Waals surface area contributed by atoms with Gasteiger partial charge in [-0.15, -0.1) is 13.2 Å². The second-order valence-electron chi connectivity index (χ2n) is 4.85. The fourth-order valence-electron chi connectivity index (χ4n) is 2.37. The van der Waals surface area contributed by atoms with Gasteiger partial charge in [0.15, 0.2) is 0 Å². The van der Waals surface area contributed by atoms with Crippen molar-refractivity contribution in [3.63, 3.8) is 0 Å². The molecular weight excluding hydrogens is 264 g/mol. The van der Waals surface area contributed by atoms with Crippen LogP contribution in [0.3, 0.4) is 0 Å². The molecule has 112 valence electrons. The summed E-state index contributed by atoms with van der Waals surface area (Å²) in [5.41, 5.74) is 4.58. The molecule has 0 heterocycles. The van der Waals surface area contributed by atoms with Crippen LogP contribution in [0, 0.1) is 0 Å². The SMILES string of the molecule is C=C.C=C/C(C(=C)C)=c1\cc(-c2ccccc2)cc\c1=C\C. The number of hydrogen-bond acceptors (Lipinski definition) is 0. The van der Waals surface area contributed by atoms with Gasteiger partial charge in [0, 0.05) is 0 Å². The smallest absolute Gasteiger partial charge is 0.0106 e. The van der Waals surface area contributed by atoms with E-state index in [-0.39, 0.29) is 0 Å². The lowest BCUT2D eigenvalue weighted by Gasteiger charge is -2.05. The molecule has 0 aliphatic heterocycles. The van der Waals surface area contributed by atoms with Crippen LogP contribution < -0.4 is 10.4 Å². The standard InChI is InChI=1S/C20H20.C2H4/c1-5-16-12-13-18(17-10-8-7-9-11-17)14-20(16)19(6-2)15(3)4;1-2/h5-14H,2-3H2,1,4H3;1-2H2/b16-5-,20-19-;. The van der Waals surface area contributed by atoms with Gasteiger partial charge in [0.05, 0.1) is 0 Å². The van der Waals surface area contributed by atoms with Crippen molar-refractivity contribution in [3.05, 3.63) is 96.9 Å². The Kier molecular flexibility index (Phi) is 6.85. The first-order chi connectivity index (χ1) is 10.7. The minimum absolute atomic E-state index is 1.04. The van der Waals surface area contributed by atoms with Crippen molar-refractivity contribution in [2.75, 3.05) is 0 Å². The number of rotatable bonds is 3. The zero-order valence-corrected chi connectivity index (χ0v) is 13.6. The summed E-state index contributed by atoms with van der Waals surface area (Å²) in [7, 11) is 0. The monoisotopic (exact) mass is 288 g/mol. The molecule has 0 nitrogen and oxygen atoms in total. The van der Waals surface area contributed by atoms with Crippen molar-refractivity contribution in [1.29, 1.82) is 0 Å². The second kappa shape index (κ2) is 8.63. The first-order valence-electron chi connectivity index (χ1n) is 7.32. The maximum absolute atomic E-state index is 4.06. The van der Waals surface area contributed by atoms with Crippen LogP contribution in [0.4, 0.5) is 0 Å². The van der Waals surface area contributed by atoms with Crippen molar-refractivity contribution in [3.8, 4) is 11.1 Å². The van der Waals surface area contributed by atoms with Gasteiger partial charge in [-0.1, -0.05) is 73.3 Å². The molecule has 0 unspecified atom stereocenters. The fourth-order valence-corrected chi connectivity index (χ4v) is 2.37. The largest absolute Gasteiger partial charge is 0.106 e. The summed E-state index contributed by atoms with van der Waals surface area (Å²) in [4.78, 5) is 0. The molecule has 0 radical (unpaired) electrons. The van der Waals surface area contributed by atoms with Gasteiger partial charge in [-0.3, -0.25) is 0 Å². The summed E-state index contributed by atoms with van der Waals surface area (Å²) in [5.74, 6) is 0. The van der Waals surface area contributed by atoms with E-state index in [0.29, 0.717) is 0 Å². The summed E-state index contributed by atoms with van der Waals surface area (Å²) in [5, 5.41) is 2.40. The van der Waals surface area contributed by atoms with Crippen molar-refractivity contribution < 1.29 is 0 Å². The highest BCUT2D eigenvalue weighted by atomic mass is 14.0. The molecule has 0 aromatic heterocycles. The zero-order valence-electron chi connectivity index (χ0n) is 13.6. The predicted molar refractivity (Wildman–Crippen MR) is 101 cm³/mol. The van der Waals surface area contributed by atoms with E-state index in [9.17, 15) is 0 Å². The van der Waals surface area contributed by atoms with Crippen LogP contribution in [0.1, 0.15) is 13.8 Å². The Labute approximate surface area is 134 Å². The normalized spacial score (nSPS) is 12.0. The lowest BCUT2D eigenvalue weighted by Crippen LogP contribution is -2.26. The highest BCUT2D eigenvalue weighted by Crippen LogP contribution is 2.16. The molecule has 0 saturated carbocycles. The molecule has 0 aliphatic rings. The first-order valence-corrected chi connectivity index (χ1v) is 7.32. The summed E-state index contributed by atoms with van der Waals surface area (Å²) in [6.45, 7) is 18.1. The van der Waals surface area contributed by atoms with Crippen molar-refractivity contribution in [1.82, 2.24) is 0 Å². The third-order valence-corrected chi connectivity index (χ3v) is 3.43. The summed E-state index contributed by atoms with van der Waals surface area (Å²) < 4.78 is 0. The molecule has 0 fully saturated rings. The first kappa shape index (κ1) is 17.5.